The Kier molecular flexibility index (Phi) is 7.75. The average Bonchev–Trinajstić information content (AvgIpc) is 3.14. The van der Waals surface area contributed by atoms with Gasteiger partial charge in [0.25, 0.3) is 0 Å². The maximum Gasteiger partial charge on any atom is 0.410 e. The number of anilines is 1. The number of fused-ring (bicyclic) bond motifs is 1. The number of ether oxygens (including phenoxy) is 4. The van der Waals surface area contributed by atoms with Crippen LogP contribution in [-0.4, -0.2) is 84.6 Å². The number of H-pyrrole nitrogens is 1. The van der Waals surface area contributed by atoms with Crippen molar-refractivity contribution in [1.82, 2.24) is 14.8 Å². The highest BCUT2D eigenvalue weighted by molar-refractivity contribution is 7.80. The predicted molar refractivity (Wildman–Crippen MR) is 133 cm³/mol. The fourth-order valence-electron chi connectivity index (χ4n) is 3.61. The van der Waals surface area contributed by atoms with Crippen LogP contribution in [0.2, 0.25) is 0 Å². The SMILES string of the molecule is CCOC(=O)c1[nH]c2cc(OC)c(OC)cc2c1NC(=S)N1CCN(C(=O)OC(C)(C)C)CC1. The molecule has 0 radical (unpaired) electrons. The second-order valence-electron chi connectivity index (χ2n) is 8.73. The van der Waals surface area contributed by atoms with Gasteiger partial charge >= 0.3 is 12.1 Å². The van der Waals surface area contributed by atoms with Gasteiger partial charge in [-0.3, -0.25) is 0 Å². The highest BCUT2D eigenvalue weighted by Crippen LogP contribution is 2.37. The Morgan fingerprint density at radius 3 is 2.21 bits per heavy atom. The third-order valence-corrected chi connectivity index (χ3v) is 5.59. The molecular weight excluding hydrogens is 460 g/mol. The van der Waals surface area contributed by atoms with Crippen molar-refractivity contribution < 1.29 is 28.5 Å². The van der Waals surface area contributed by atoms with E-state index < -0.39 is 11.6 Å². The van der Waals surface area contributed by atoms with Gasteiger partial charge in [-0.2, -0.15) is 0 Å². The number of methoxy groups -OCH3 is 2. The van der Waals surface area contributed by atoms with E-state index in [4.69, 9.17) is 31.2 Å². The van der Waals surface area contributed by atoms with Crippen LogP contribution in [0.1, 0.15) is 38.2 Å². The summed E-state index contributed by atoms with van der Waals surface area (Å²) >= 11 is 5.66. The minimum atomic E-state index is -0.548. The van der Waals surface area contributed by atoms with Crippen LogP contribution in [0.3, 0.4) is 0 Å². The zero-order chi connectivity index (χ0) is 25.0. The molecule has 1 amide bonds. The first-order valence-electron chi connectivity index (χ1n) is 11.1. The summed E-state index contributed by atoms with van der Waals surface area (Å²) in [5.74, 6) is 0.542. The molecular formula is C23H32N4O6S. The highest BCUT2D eigenvalue weighted by Gasteiger charge is 2.28. The average molecular weight is 493 g/mol. The van der Waals surface area contributed by atoms with Gasteiger partial charge in [0.1, 0.15) is 11.3 Å². The number of amides is 1. The largest absolute Gasteiger partial charge is 0.493 e. The van der Waals surface area contributed by atoms with Crippen LogP contribution in [0.4, 0.5) is 10.5 Å². The van der Waals surface area contributed by atoms with Crippen molar-refractivity contribution in [2.24, 2.45) is 0 Å². The third-order valence-electron chi connectivity index (χ3n) is 5.23. The van der Waals surface area contributed by atoms with Crippen molar-refractivity contribution >= 4 is 46.0 Å². The van der Waals surface area contributed by atoms with E-state index in [1.165, 1.54) is 0 Å². The summed E-state index contributed by atoms with van der Waals surface area (Å²) in [6, 6.07) is 3.53. The van der Waals surface area contributed by atoms with Crippen LogP contribution in [0, 0.1) is 0 Å². The van der Waals surface area contributed by atoms with Crippen LogP contribution in [0.5, 0.6) is 11.5 Å². The lowest BCUT2D eigenvalue weighted by Crippen LogP contribution is -2.52. The summed E-state index contributed by atoms with van der Waals surface area (Å²) < 4.78 is 21.5. The van der Waals surface area contributed by atoms with Crippen molar-refractivity contribution in [2.75, 3.05) is 52.3 Å². The molecule has 3 rings (SSSR count). The summed E-state index contributed by atoms with van der Waals surface area (Å²) in [5, 5.41) is 4.35. The summed E-state index contributed by atoms with van der Waals surface area (Å²) in [4.78, 5) is 31.7. The van der Waals surface area contributed by atoms with Gasteiger partial charge in [0.05, 0.1) is 32.0 Å². The molecule has 0 aliphatic carbocycles. The number of carbonyl (C=O) groups excluding carboxylic acids is 2. The Hall–Kier alpha value is -3.21. The van der Waals surface area contributed by atoms with Gasteiger partial charge in [-0.1, -0.05) is 0 Å². The van der Waals surface area contributed by atoms with E-state index in [9.17, 15) is 9.59 Å². The van der Waals surface area contributed by atoms with Crippen molar-refractivity contribution in [3.8, 4) is 11.5 Å². The molecule has 2 heterocycles. The molecule has 1 aliphatic heterocycles. The van der Waals surface area contributed by atoms with E-state index >= 15 is 0 Å². The maximum absolute atomic E-state index is 12.7. The maximum atomic E-state index is 12.7. The zero-order valence-corrected chi connectivity index (χ0v) is 21.3. The number of aromatic amines is 1. The van der Waals surface area contributed by atoms with Crippen molar-refractivity contribution in [3.05, 3.63) is 17.8 Å². The molecule has 0 atom stereocenters. The normalized spacial score (nSPS) is 14.1. The van der Waals surface area contributed by atoms with Crippen LogP contribution in [-0.2, 0) is 9.47 Å². The molecule has 10 nitrogen and oxygen atoms in total. The smallest absolute Gasteiger partial charge is 0.410 e. The Bertz CT molecular complexity index is 1070. The molecule has 1 aromatic carbocycles. The molecule has 0 bridgehead atoms. The van der Waals surface area contributed by atoms with E-state index in [2.05, 4.69) is 10.3 Å². The van der Waals surface area contributed by atoms with Gasteiger partial charge in [-0.05, 0) is 46.0 Å². The van der Waals surface area contributed by atoms with Crippen LogP contribution < -0.4 is 14.8 Å². The number of aromatic nitrogens is 1. The number of nitrogens with one attached hydrogen (secondary N) is 2. The standard InChI is InChI=1S/C23H32N4O6S/c1-7-32-20(28)19-18(14-12-16(30-5)17(31-6)13-15(14)24-19)25-21(34)26-8-10-27(11-9-26)22(29)33-23(2,3)4/h12-13,24H,7-11H2,1-6H3,(H,25,34). The zero-order valence-electron chi connectivity index (χ0n) is 20.4. The molecule has 0 unspecified atom stereocenters. The molecule has 1 aromatic heterocycles. The van der Waals surface area contributed by atoms with Gasteiger partial charge in [0, 0.05) is 37.6 Å². The first-order chi connectivity index (χ1) is 16.1. The van der Waals surface area contributed by atoms with E-state index in [0.29, 0.717) is 59.4 Å². The van der Waals surface area contributed by atoms with E-state index in [1.807, 2.05) is 25.7 Å². The highest BCUT2D eigenvalue weighted by atomic mass is 32.1. The van der Waals surface area contributed by atoms with Gasteiger partial charge < -0.3 is 39.0 Å². The van der Waals surface area contributed by atoms with E-state index in [1.54, 1.807) is 38.2 Å². The van der Waals surface area contributed by atoms with Crippen LogP contribution in [0.25, 0.3) is 10.9 Å². The first kappa shape index (κ1) is 25.4. The lowest BCUT2D eigenvalue weighted by molar-refractivity contribution is 0.0188. The minimum Gasteiger partial charge on any atom is -0.493 e. The quantitative estimate of drug-likeness (QED) is 0.478. The monoisotopic (exact) mass is 492 g/mol. The molecule has 186 valence electrons. The number of piperazine rings is 1. The van der Waals surface area contributed by atoms with Crippen molar-refractivity contribution in [3.63, 3.8) is 0 Å². The van der Waals surface area contributed by atoms with E-state index in [-0.39, 0.29) is 18.4 Å². The molecule has 0 saturated carbocycles. The van der Waals surface area contributed by atoms with Gasteiger partial charge in [0.2, 0.25) is 0 Å². The fourth-order valence-corrected chi connectivity index (χ4v) is 3.90. The second-order valence-corrected chi connectivity index (χ2v) is 9.12. The number of carbonyl (C=O) groups is 2. The van der Waals surface area contributed by atoms with Crippen molar-refractivity contribution in [1.29, 1.82) is 0 Å². The van der Waals surface area contributed by atoms with Crippen LogP contribution in [0.15, 0.2) is 12.1 Å². The minimum absolute atomic E-state index is 0.233. The molecule has 0 spiro atoms. The lowest BCUT2D eigenvalue weighted by atomic mass is 10.2. The molecule has 11 heteroatoms. The number of thiocarbonyl (C=S) groups is 1. The Balaban J connectivity index is 1.82. The number of rotatable bonds is 5. The molecule has 1 aliphatic rings. The number of hydrogen-bond donors (Lipinski definition) is 2. The van der Waals surface area contributed by atoms with E-state index in [0.717, 1.165) is 0 Å². The van der Waals surface area contributed by atoms with Gasteiger partial charge in [0.15, 0.2) is 16.6 Å². The topological polar surface area (TPSA) is 105 Å². The molecule has 2 aromatic rings. The molecule has 1 fully saturated rings. The first-order valence-corrected chi connectivity index (χ1v) is 11.5. The molecule has 34 heavy (non-hydrogen) atoms. The summed E-state index contributed by atoms with van der Waals surface area (Å²) in [7, 11) is 3.09. The number of nitrogens with zero attached hydrogens (tertiary/aromatic N) is 2. The molecule has 1 saturated heterocycles. The Labute approximate surface area is 204 Å². The lowest BCUT2D eigenvalue weighted by Gasteiger charge is -2.36. The van der Waals surface area contributed by atoms with Crippen LogP contribution >= 0.6 is 12.2 Å². The Morgan fingerprint density at radius 1 is 1.06 bits per heavy atom. The predicted octanol–water partition coefficient (Wildman–Crippen LogP) is 3.61. The number of hydrogen-bond acceptors (Lipinski definition) is 7. The van der Waals surface area contributed by atoms with Gasteiger partial charge in [-0.15, -0.1) is 0 Å². The summed E-state index contributed by atoms with van der Waals surface area (Å²) in [5.41, 5.74) is 0.866. The fraction of sp³-hybridized carbons (Fsp3) is 0.522. The number of esters is 1. The van der Waals surface area contributed by atoms with Crippen molar-refractivity contribution in [2.45, 2.75) is 33.3 Å². The third kappa shape index (κ3) is 5.64. The summed E-state index contributed by atoms with van der Waals surface area (Å²) in [6.45, 7) is 9.50. The number of benzene rings is 1. The second kappa shape index (κ2) is 10.4. The Morgan fingerprint density at radius 2 is 1.65 bits per heavy atom. The molecule has 2 N–H and O–H groups in total. The van der Waals surface area contributed by atoms with Gasteiger partial charge in [-0.25, -0.2) is 9.59 Å². The summed E-state index contributed by atoms with van der Waals surface area (Å²) in [6.07, 6.45) is -0.340.